The van der Waals surface area contributed by atoms with Crippen molar-refractivity contribution in [2.75, 3.05) is 19.6 Å². The van der Waals surface area contributed by atoms with E-state index in [1.807, 2.05) is 0 Å². The second-order valence-corrected chi connectivity index (χ2v) is 6.04. The molecule has 1 aromatic rings. The molecule has 18 heavy (non-hydrogen) atoms. The molecule has 1 amide bonds. The summed E-state index contributed by atoms with van der Waals surface area (Å²) in [6, 6.07) is 3.60. The number of rotatable bonds is 2. The van der Waals surface area contributed by atoms with E-state index in [-0.39, 0.29) is 36.0 Å². The number of hydrogen-bond donors (Lipinski definition) is 1. The van der Waals surface area contributed by atoms with Crippen LogP contribution in [0.4, 0.5) is 4.39 Å². The third-order valence-corrected chi connectivity index (χ3v) is 4.61. The van der Waals surface area contributed by atoms with Crippen LogP contribution in [-0.2, 0) is 14.8 Å². The van der Waals surface area contributed by atoms with Crippen molar-refractivity contribution in [3.05, 3.63) is 29.6 Å². The molecule has 1 N–H and O–H groups in total. The zero-order chi connectivity index (χ0) is 13.3. The lowest BCUT2D eigenvalue weighted by Gasteiger charge is -2.26. The molecule has 1 heterocycles. The van der Waals surface area contributed by atoms with E-state index in [1.54, 1.807) is 0 Å². The van der Waals surface area contributed by atoms with E-state index in [4.69, 9.17) is 0 Å². The largest absolute Gasteiger partial charge is 0.354 e. The maximum absolute atomic E-state index is 13.1. The highest BCUT2D eigenvalue weighted by Gasteiger charge is 2.29. The van der Waals surface area contributed by atoms with Crippen molar-refractivity contribution in [3.63, 3.8) is 0 Å². The molecule has 0 unspecified atom stereocenters. The van der Waals surface area contributed by atoms with Crippen LogP contribution in [0.25, 0.3) is 0 Å². The average molecular weight is 272 g/mol. The quantitative estimate of drug-likeness (QED) is 0.839. The topological polar surface area (TPSA) is 66.5 Å². The van der Waals surface area contributed by atoms with Gasteiger partial charge in [-0.1, -0.05) is 0 Å². The zero-order valence-corrected chi connectivity index (χ0v) is 10.6. The first-order valence-corrected chi connectivity index (χ1v) is 6.88. The molecule has 1 aromatic carbocycles. The molecule has 1 saturated heterocycles. The summed E-state index contributed by atoms with van der Waals surface area (Å²) in [5, 5.41) is 2.55. The van der Waals surface area contributed by atoms with Crippen molar-refractivity contribution in [3.8, 4) is 0 Å². The maximum atomic E-state index is 13.1. The van der Waals surface area contributed by atoms with E-state index in [9.17, 15) is 17.6 Å². The fraction of sp³-hybridized carbons (Fsp3) is 0.364. The first-order valence-electron chi connectivity index (χ1n) is 5.44. The van der Waals surface area contributed by atoms with Gasteiger partial charge in [0.1, 0.15) is 5.82 Å². The molecule has 1 aliphatic heterocycles. The summed E-state index contributed by atoms with van der Waals surface area (Å²) in [5.74, 6) is -0.783. The molecule has 0 saturated carbocycles. The van der Waals surface area contributed by atoms with Crippen molar-refractivity contribution in [1.29, 1.82) is 0 Å². The highest BCUT2D eigenvalue weighted by Crippen LogP contribution is 2.19. The van der Waals surface area contributed by atoms with Crippen molar-refractivity contribution in [2.45, 2.75) is 11.8 Å². The standard InChI is InChI=1S/C11H13FN2O3S/c1-8-6-9(2-3-10(8)12)18(16,17)14-5-4-13-11(15)7-14/h2-3,6H,4-5,7H2,1H3,(H,13,15). The molecule has 0 bridgehead atoms. The minimum absolute atomic E-state index is 0.0103. The van der Waals surface area contributed by atoms with Crippen molar-refractivity contribution in [2.24, 2.45) is 0 Å². The Balaban J connectivity index is 2.35. The Morgan fingerprint density at radius 3 is 2.72 bits per heavy atom. The number of aryl methyl sites for hydroxylation is 1. The molecule has 5 nitrogen and oxygen atoms in total. The Kier molecular flexibility index (Phi) is 3.36. The predicted molar refractivity (Wildman–Crippen MR) is 62.9 cm³/mol. The van der Waals surface area contributed by atoms with Gasteiger partial charge in [0.25, 0.3) is 0 Å². The third kappa shape index (κ3) is 2.37. The summed E-state index contributed by atoms with van der Waals surface area (Å²) < 4.78 is 38.7. The van der Waals surface area contributed by atoms with Crippen LogP contribution in [0.5, 0.6) is 0 Å². The van der Waals surface area contributed by atoms with E-state index in [0.717, 1.165) is 10.4 Å². The number of benzene rings is 1. The van der Waals surface area contributed by atoms with Gasteiger partial charge in [0.2, 0.25) is 15.9 Å². The number of carbonyl (C=O) groups is 1. The molecule has 98 valence electrons. The van der Waals surface area contributed by atoms with Crippen LogP contribution in [0.15, 0.2) is 23.1 Å². The number of nitrogens with one attached hydrogen (secondary N) is 1. The lowest BCUT2D eigenvalue weighted by molar-refractivity contribution is -0.122. The predicted octanol–water partition coefficient (Wildman–Crippen LogP) is 0.255. The summed E-state index contributed by atoms with van der Waals surface area (Å²) >= 11 is 0. The van der Waals surface area contributed by atoms with Gasteiger partial charge in [0.05, 0.1) is 11.4 Å². The maximum Gasteiger partial charge on any atom is 0.243 e. The van der Waals surface area contributed by atoms with Gasteiger partial charge in [0, 0.05) is 13.1 Å². The van der Waals surface area contributed by atoms with Gasteiger partial charge in [-0.25, -0.2) is 12.8 Å². The van der Waals surface area contributed by atoms with Gasteiger partial charge < -0.3 is 5.32 Å². The highest BCUT2D eigenvalue weighted by molar-refractivity contribution is 7.89. The molecule has 1 aliphatic rings. The Morgan fingerprint density at radius 1 is 1.39 bits per heavy atom. The van der Waals surface area contributed by atoms with E-state index >= 15 is 0 Å². The van der Waals surface area contributed by atoms with E-state index in [2.05, 4.69) is 5.32 Å². The molecule has 1 fully saturated rings. The van der Waals surface area contributed by atoms with Gasteiger partial charge in [-0.05, 0) is 30.7 Å². The first-order chi connectivity index (χ1) is 8.41. The Morgan fingerprint density at radius 2 is 2.11 bits per heavy atom. The van der Waals surface area contributed by atoms with Crippen molar-refractivity contribution in [1.82, 2.24) is 9.62 Å². The SMILES string of the molecule is Cc1cc(S(=O)(=O)N2CCNC(=O)C2)ccc1F. The summed E-state index contributed by atoms with van der Waals surface area (Å²) in [7, 11) is -3.73. The number of piperazine rings is 1. The van der Waals surface area contributed by atoms with Gasteiger partial charge >= 0.3 is 0 Å². The fourth-order valence-corrected chi connectivity index (χ4v) is 3.23. The van der Waals surface area contributed by atoms with Crippen molar-refractivity contribution < 1.29 is 17.6 Å². The molecule has 7 heteroatoms. The van der Waals surface area contributed by atoms with Crippen LogP contribution >= 0.6 is 0 Å². The molecule has 0 atom stereocenters. The fourth-order valence-electron chi connectivity index (χ4n) is 1.75. The Labute approximate surface area is 105 Å². The molecule has 0 aromatic heterocycles. The molecular formula is C11H13FN2O3S. The Hall–Kier alpha value is -1.47. The normalized spacial score (nSPS) is 17.6. The van der Waals surface area contributed by atoms with E-state index in [1.165, 1.54) is 19.1 Å². The van der Waals surface area contributed by atoms with Gasteiger partial charge in [0.15, 0.2) is 0 Å². The number of nitrogens with zero attached hydrogens (tertiary/aromatic N) is 1. The molecule has 0 aliphatic carbocycles. The second-order valence-electron chi connectivity index (χ2n) is 4.10. The van der Waals surface area contributed by atoms with Crippen molar-refractivity contribution >= 4 is 15.9 Å². The lowest BCUT2D eigenvalue weighted by atomic mass is 10.2. The number of hydrogen-bond acceptors (Lipinski definition) is 3. The van der Waals surface area contributed by atoms with Gasteiger partial charge in [-0.2, -0.15) is 4.31 Å². The van der Waals surface area contributed by atoms with E-state index < -0.39 is 15.8 Å². The lowest BCUT2D eigenvalue weighted by Crippen LogP contribution is -2.49. The first kappa shape index (κ1) is 13.0. The third-order valence-electron chi connectivity index (χ3n) is 2.77. The zero-order valence-electron chi connectivity index (χ0n) is 9.81. The summed E-state index contributed by atoms with van der Waals surface area (Å²) in [4.78, 5) is 11.2. The van der Waals surface area contributed by atoms with Gasteiger partial charge in [-0.3, -0.25) is 4.79 Å². The Bertz CT molecular complexity index is 586. The number of carbonyl (C=O) groups excluding carboxylic acids is 1. The molecule has 0 radical (unpaired) electrons. The van der Waals surface area contributed by atoms with E-state index in [0.29, 0.717) is 0 Å². The summed E-state index contributed by atoms with van der Waals surface area (Å²) in [6.45, 7) is 1.82. The van der Waals surface area contributed by atoms with Crippen LogP contribution < -0.4 is 5.32 Å². The summed E-state index contributed by atoms with van der Waals surface area (Å²) in [5.41, 5.74) is 0.262. The minimum Gasteiger partial charge on any atom is -0.354 e. The van der Waals surface area contributed by atoms with Crippen LogP contribution in [0, 0.1) is 12.7 Å². The van der Waals surface area contributed by atoms with Gasteiger partial charge in [-0.15, -0.1) is 0 Å². The number of amides is 1. The highest BCUT2D eigenvalue weighted by atomic mass is 32.2. The van der Waals surface area contributed by atoms with Crippen LogP contribution in [-0.4, -0.2) is 38.3 Å². The number of halogens is 1. The molecule has 0 spiro atoms. The smallest absolute Gasteiger partial charge is 0.243 e. The average Bonchev–Trinajstić information content (AvgIpc) is 2.32. The molecule has 2 rings (SSSR count). The van der Waals surface area contributed by atoms with Crippen LogP contribution in [0.1, 0.15) is 5.56 Å². The molecular weight excluding hydrogens is 259 g/mol. The monoisotopic (exact) mass is 272 g/mol. The summed E-state index contributed by atoms with van der Waals surface area (Å²) in [6.07, 6.45) is 0. The number of sulfonamides is 1. The van der Waals surface area contributed by atoms with Crippen LogP contribution in [0.2, 0.25) is 0 Å². The minimum atomic E-state index is -3.73. The van der Waals surface area contributed by atoms with Crippen LogP contribution in [0.3, 0.4) is 0 Å². The second kappa shape index (κ2) is 4.66.